The van der Waals surface area contributed by atoms with E-state index in [1.807, 2.05) is 11.9 Å². The fourth-order valence-electron chi connectivity index (χ4n) is 1.18. The van der Waals surface area contributed by atoms with Gasteiger partial charge < -0.3 is 0 Å². The van der Waals surface area contributed by atoms with Crippen LogP contribution < -0.4 is 11.2 Å². The van der Waals surface area contributed by atoms with E-state index in [2.05, 4.69) is 21.0 Å². The predicted octanol–water partition coefficient (Wildman–Crippen LogP) is 0.915. The van der Waals surface area contributed by atoms with Crippen molar-refractivity contribution in [3.63, 3.8) is 0 Å². The van der Waals surface area contributed by atoms with Crippen molar-refractivity contribution in [1.29, 1.82) is 0 Å². The molecule has 16 heavy (non-hydrogen) atoms. The van der Waals surface area contributed by atoms with Crippen LogP contribution in [0.4, 0.5) is 0 Å². The second-order valence-corrected chi connectivity index (χ2v) is 4.06. The monoisotopic (exact) mass is 289 g/mol. The van der Waals surface area contributed by atoms with Crippen molar-refractivity contribution in [2.24, 2.45) is 0 Å². The maximum Gasteiger partial charge on any atom is 0.352 e. The van der Waals surface area contributed by atoms with E-state index in [9.17, 15) is 14.4 Å². The number of hydrogen-bond acceptors (Lipinski definition) is 4. The Balaban J connectivity index is 2.88. The summed E-state index contributed by atoms with van der Waals surface area (Å²) in [5.74, 6) is -0.407. The van der Waals surface area contributed by atoms with Crippen molar-refractivity contribution in [3.8, 4) is 0 Å². The summed E-state index contributed by atoms with van der Waals surface area (Å²) in [7, 11) is 0. The molecule has 6 nitrogen and oxygen atoms in total. The Morgan fingerprint density at radius 1 is 1.44 bits per heavy atom. The lowest BCUT2D eigenvalue weighted by molar-refractivity contribution is 0.0873. The van der Waals surface area contributed by atoms with E-state index in [-0.39, 0.29) is 11.0 Å². The highest BCUT2D eigenvalue weighted by molar-refractivity contribution is 9.10. The van der Waals surface area contributed by atoms with Crippen LogP contribution in [0.2, 0.25) is 0 Å². The number of aromatic nitrogens is 3. The van der Waals surface area contributed by atoms with Gasteiger partial charge in [0, 0.05) is 6.42 Å². The van der Waals surface area contributed by atoms with Crippen molar-refractivity contribution < 1.29 is 4.79 Å². The van der Waals surface area contributed by atoms with Gasteiger partial charge in [0.25, 0.3) is 11.5 Å². The molecule has 0 radical (unpaired) electrons. The summed E-state index contributed by atoms with van der Waals surface area (Å²) in [5, 5.41) is 3.58. The van der Waals surface area contributed by atoms with Gasteiger partial charge in [-0.1, -0.05) is 19.8 Å². The summed E-state index contributed by atoms with van der Waals surface area (Å²) in [5.41, 5.74) is -1.43. The minimum absolute atomic E-state index is 0.0732. The molecule has 0 aliphatic heterocycles. The predicted molar refractivity (Wildman–Crippen MR) is 61.6 cm³/mol. The maximum absolute atomic E-state index is 11.6. The van der Waals surface area contributed by atoms with Gasteiger partial charge in [-0.05, 0) is 22.4 Å². The van der Waals surface area contributed by atoms with Crippen molar-refractivity contribution in [2.45, 2.75) is 32.6 Å². The molecular formula is C9H12BrN3O3. The minimum Gasteiger partial charge on any atom is -0.272 e. The zero-order valence-electron chi connectivity index (χ0n) is 8.83. The largest absolute Gasteiger partial charge is 0.352 e. The second kappa shape index (κ2) is 5.74. The molecular weight excluding hydrogens is 278 g/mol. The molecule has 1 heterocycles. The van der Waals surface area contributed by atoms with Crippen molar-refractivity contribution in [1.82, 2.24) is 14.8 Å². The maximum atomic E-state index is 11.6. The van der Waals surface area contributed by atoms with E-state index in [1.54, 1.807) is 0 Å². The van der Waals surface area contributed by atoms with Crippen LogP contribution in [0.25, 0.3) is 0 Å². The van der Waals surface area contributed by atoms with Gasteiger partial charge in [-0.2, -0.15) is 0 Å². The van der Waals surface area contributed by atoms with E-state index in [0.717, 1.165) is 12.8 Å². The molecule has 0 bridgehead atoms. The number of H-pyrrole nitrogens is 1. The number of hydrogen-bond donors (Lipinski definition) is 1. The van der Waals surface area contributed by atoms with E-state index in [0.29, 0.717) is 11.1 Å². The lowest BCUT2D eigenvalue weighted by atomic mass is 10.2. The Morgan fingerprint density at radius 3 is 2.75 bits per heavy atom. The molecule has 0 unspecified atom stereocenters. The standard InChI is InChI=1S/C9H12BrN3O3/c1-2-3-4-5-6(14)13-9(16)11-8(15)7(10)12-13/h2-5H2,1H3,(H,11,15,16). The van der Waals surface area contributed by atoms with Crippen LogP contribution in [-0.2, 0) is 0 Å². The average molecular weight is 290 g/mol. The van der Waals surface area contributed by atoms with Crippen molar-refractivity contribution in [3.05, 3.63) is 25.4 Å². The molecule has 0 aliphatic carbocycles. The fourth-order valence-corrected chi connectivity index (χ4v) is 1.44. The van der Waals surface area contributed by atoms with E-state index < -0.39 is 17.2 Å². The molecule has 1 aromatic heterocycles. The highest BCUT2D eigenvalue weighted by atomic mass is 79.9. The van der Waals surface area contributed by atoms with Crippen LogP contribution in [0.15, 0.2) is 14.2 Å². The number of nitrogens with zero attached hydrogens (tertiary/aromatic N) is 2. The SMILES string of the molecule is CCCCCC(=O)n1nc(Br)c(=O)[nH]c1=O. The number of rotatable bonds is 4. The van der Waals surface area contributed by atoms with Gasteiger partial charge in [0.05, 0.1) is 0 Å². The lowest BCUT2D eigenvalue weighted by Crippen LogP contribution is -2.36. The van der Waals surface area contributed by atoms with E-state index >= 15 is 0 Å². The Kier molecular flexibility index (Phi) is 4.60. The summed E-state index contributed by atoms with van der Waals surface area (Å²) < 4.78 is 0.608. The van der Waals surface area contributed by atoms with Gasteiger partial charge >= 0.3 is 5.69 Å². The third kappa shape index (κ3) is 3.13. The normalized spacial score (nSPS) is 10.4. The Morgan fingerprint density at radius 2 is 2.12 bits per heavy atom. The number of carbonyl (C=O) groups excluding carboxylic acids is 1. The first-order valence-electron chi connectivity index (χ1n) is 4.98. The molecule has 0 saturated heterocycles. The van der Waals surface area contributed by atoms with Gasteiger partial charge in [-0.3, -0.25) is 14.6 Å². The summed E-state index contributed by atoms with van der Waals surface area (Å²) >= 11 is 2.86. The first kappa shape index (κ1) is 12.8. The molecule has 0 atom stereocenters. The minimum atomic E-state index is -0.797. The molecule has 0 spiro atoms. The van der Waals surface area contributed by atoms with Crippen LogP contribution in [0, 0.1) is 0 Å². The fraction of sp³-hybridized carbons (Fsp3) is 0.556. The highest BCUT2D eigenvalue weighted by Crippen LogP contribution is 2.00. The molecule has 0 amide bonds. The number of aromatic amines is 1. The quantitative estimate of drug-likeness (QED) is 0.835. The van der Waals surface area contributed by atoms with Gasteiger partial charge in [0.2, 0.25) is 0 Å². The van der Waals surface area contributed by atoms with Crippen LogP contribution in [0.1, 0.15) is 37.4 Å². The second-order valence-electron chi connectivity index (χ2n) is 3.31. The van der Waals surface area contributed by atoms with Gasteiger partial charge in [0.1, 0.15) is 0 Å². The Hall–Kier alpha value is -1.24. The first-order chi connectivity index (χ1) is 7.56. The number of halogens is 1. The van der Waals surface area contributed by atoms with Crippen LogP contribution >= 0.6 is 15.9 Å². The molecule has 1 rings (SSSR count). The smallest absolute Gasteiger partial charge is 0.272 e. The number of unbranched alkanes of at least 4 members (excludes halogenated alkanes) is 2. The molecule has 7 heteroatoms. The lowest BCUT2D eigenvalue weighted by Gasteiger charge is -2.01. The van der Waals surface area contributed by atoms with E-state index in [1.165, 1.54) is 0 Å². The van der Waals surface area contributed by atoms with Crippen LogP contribution in [0.5, 0.6) is 0 Å². The third-order valence-corrected chi connectivity index (χ3v) is 2.54. The molecule has 0 aromatic carbocycles. The molecule has 0 aliphatic rings. The molecule has 0 fully saturated rings. The highest BCUT2D eigenvalue weighted by Gasteiger charge is 2.10. The summed E-state index contributed by atoms with van der Waals surface area (Å²) in [6.07, 6.45) is 2.87. The van der Waals surface area contributed by atoms with Crippen LogP contribution in [-0.4, -0.2) is 20.7 Å². The molecule has 88 valence electrons. The zero-order valence-corrected chi connectivity index (χ0v) is 10.4. The number of nitrogens with one attached hydrogen (secondary N) is 1. The molecule has 1 N–H and O–H groups in total. The zero-order chi connectivity index (χ0) is 12.1. The van der Waals surface area contributed by atoms with Crippen molar-refractivity contribution >= 4 is 21.8 Å². The summed E-state index contributed by atoms with van der Waals surface area (Å²) in [6, 6.07) is 0. The topological polar surface area (TPSA) is 84.8 Å². The third-order valence-electron chi connectivity index (χ3n) is 2.02. The Labute approximate surface area is 99.8 Å². The molecule has 1 aromatic rings. The van der Waals surface area contributed by atoms with Crippen molar-refractivity contribution in [2.75, 3.05) is 0 Å². The van der Waals surface area contributed by atoms with Gasteiger partial charge in [0.15, 0.2) is 4.60 Å². The first-order valence-corrected chi connectivity index (χ1v) is 5.78. The Bertz CT molecular complexity index is 492. The average Bonchev–Trinajstić information content (AvgIpc) is 2.23. The van der Waals surface area contributed by atoms with Gasteiger partial charge in [-0.15, -0.1) is 9.78 Å². The van der Waals surface area contributed by atoms with E-state index in [4.69, 9.17) is 0 Å². The number of carbonyl (C=O) groups is 1. The summed E-state index contributed by atoms with van der Waals surface area (Å²) in [4.78, 5) is 35.8. The van der Waals surface area contributed by atoms with Crippen LogP contribution in [0.3, 0.4) is 0 Å². The molecule has 0 saturated carbocycles. The van der Waals surface area contributed by atoms with Gasteiger partial charge in [-0.25, -0.2) is 4.79 Å². The summed E-state index contributed by atoms with van der Waals surface area (Å²) in [6.45, 7) is 2.02.